The Balaban J connectivity index is 1.99. The van der Waals surface area contributed by atoms with Crippen LogP contribution in [0.3, 0.4) is 0 Å². The smallest absolute Gasteiger partial charge is 0.260 e. The largest absolute Gasteiger partial charge is 0.300 e. The number of halogens is 1. The molecule has 7 heteroatoms. The molecule has 1 heterocycles. The third kappa shape index (κ3) is 3.88. The van der Waals surface area contributed by atoms with E-state index in [9.17, 15) is 14.9 Å². The van der Waals surface area contributed by atoms with Gasteiger partial charge in [-0.2, -0.15) is 0 Å². The summed E-state index contributed by atoms with van der Waals surface area (Å²) >= 11 is 3.38. The lowest BCUT2D eigenvalue weighted by molar-refractivity contribution is -0.534. The number of hydrogen-bond acceptors (Lipinski definition) is 5. The monoisotopic (exact) mass is 404 g/mol. The Morgan fingerprint density at radius 3 is 2.44 bits per heavy atom. The third-order valence-corrected chi connectivity index (χ3v) is 4.79. The van der Waals surface area contributed by atoms with Crippen molar-refractivity contribution < 1.29 is 14.6 Å². The number of hydrogen-bond donors (Lipinski definition) is 0. The molecule has 2 aromatic carbocycles. The first-order valence-electron chi connectivity index (χ1n) is 7.95. The van der Waals surface area contributed by atoms with Gasteiger partial charge in [-0.3, -0.25) is 15.0 Å². The molecule has 2 aromatic rings. The Hall–Kier alpha value is -2.25. The summed E-state index contributed by atoms with van der Waals surface area (Å²) in [6, 6.07) is 14.7. The first-order valence-corrected chi connectivity index (χ1v) is 8.75. The van der Waals surface area contributed by atoms with Crippen molar-refractivity contribution in [3.05, 3.63) is 74.7 Å². The average molecular weight is 405 g/mol. The number of rotatable bonds is 5. The lowest BCUT2D eigenvalue weighted by atomic mass is 9.93. The van der Waals surface area contributed by atoms with Gasteiger partial charge >= 0.3 is 0 Å². The zero-order valence-corrected chi connectivity index (χ0v) is 14.9. The van der Waals surface area contributed by atoms with Crippen LogP contribution in [0.5, 0.6) is 0 Å². The van der Waals surface area contributed by atoms with Gasteiger partial charge in [-0.1, -0.05) is 46.3 Å². The summed E-state index contributed by atoms with van der Waals surface area (Å²) in [7, 11) is 0. The molecule has 1 aliphatic heterocycles. The minimum atomic E-state index is -0.947. The fraction of sp³-hybridized carbons (Fsp3) is 0.278. The number of nitro groups is 1. The molecule has 1 fully saturated rings. The Morgan fingerprint density at radius 1 is 1.16 bits per heavy atom. The zero-order chi connectivity index (χ0) is 17.8. The molecule has 1 saturated heterocycles. The molecule has 0 aromatic heterocycles. The van der Waals surface area contributed by atoms with Gasteiger partial charge in [-0.15, -0.1) is 0 Å². The van der Waals surface area contributed by atoms with Crippen molar-refractivity contribution in [2.75, 3.05) is 5.06 Å². The molecule has 0 bridgehead atoms. The van der Waals surface area contributed by atoms with E-state index in [0.717, 1.165) is 10.8 Å². The summed E-state index contributed by atoms with van der Waals surface area (Å²) in [5, 5.41) is 13.4. The van der Waals surface area contributed by atoms with Gasteiger partial charge in [0.1, 0.15) is 12.1 Å². The van der Waals surface area contributed by atoms with Gasteiger partial charge in [0.25, 0.3) is 6.04 Å². The van der Waals surface area contributed by atoms with E-state index in [1.54, 1.807) is 24.3 Å². The van der Waals surface area contributed by atoms with E-state index < -0.39 is 18.2 Å². The fourth-order valence-electron chi connectivity index (χ4n) is 3.08. The highest BCUT2D eigenvalue weighted by atomic mass is 79.9. The van der Waals surface area contributed by atoms with Gasteiger partial charge < -0.3 is 4.79 Å². The number of carbonyl (C=O) groups is 1. The number of benzene rings is 2. The van der Waals surface area contributed by atoms with Crippen LogP contribution in [0.4, 0.5) is 5.69 Å². The molecule has 0 unspecified atom stereocenters. The predicted molar refractivity (Wildman–Crippen MR) is 96.8 cm³/mol. The van der Waals surface area contributed by atoms with Crippen molar-refractivity contribution in [2.24, 2.45) is 0 Å². The molecule has 3 rings (SSSR count). The molecule has 3 atom stereocenters. The van der Waals surface area contributed by atoms with Crippen LogP contribution in [0.1, 0.15) is 24.4 Å². The second kappa shape index (κ2) is 7.76. The van der Waals surface area contributed by atoms with Crippen LogP contribution in [-0.4, -0.2) is 23.4 Å². The SMILES string of the molecule is O=C[C@H]1CC[C@H]([C@H](c2ccccc2)[N+](=O)[O-])N(c2ccc(Br)cc2)O1. The fourth-order valence-corrected chi connectivity index (χ4v) is 3.35. The maximum Gasteiger partial charge on any atom is 0.260 e. The molecule has 0 N–H and O–H groups in total. The number of carbonyl (C=O) groups excluding carboxylic acids is 1. The molecule has 0 amide bonds. The summed E-state index contributed by atoms with van der Waals surface area (Å²) in [5.74, 6) is 0. The maximum absolute atomic E-state index is 11.8. The van der Waals surface area contributed by atoms with Crippen LogP contribution in [-0.2, 0) is 9.63 Å². The van der Waals surface area contributed by atoms with Crippen LogP contribution < -0.4 is 5.06 Å². The molecule has 25 heavy (non-hydrogen) atoms. The third-order valence-electron chi connectivity index (χ3n) is 4.26. The molecular weight excluding hydrogens is 388 g/mol. The topological polar surface area (TPSA) is 72.7 Å². The van der Waals surface area contributed by atoms with Gasteiger partial charge in [0.05, 0.1) is 5.69 Å². The second-order valence-electron chi connectivity index (χ2n) is 5.87. The molecule has 0 aliphatic carbocycles. The zero-order valence-electron chi connectivity index (χ0n) is 13.3. The van der Waals surface area contributed by atoms with Crippen LogP contribution >= 0.6 is 15.9 Å². The molecule has 0 radical (unpaired) electrons. The van der Waals surface area contributed by atoms with E-state index in [2.05, 4.69) is 15.9 Å². The summed E-state index contributed by atoms with van der Waals surface area (Å²) in [4.78, 5) is 28.5. The molecular formula is C18H17BrN2O4. The normalized spacial score (nSPS) is 21.6. The molecule has 0 saturated carbocycles. The maximum atomic E-state index is 11.8. The van der Waals surface area contributed by atoms with E-state index >= 15 is 0 Å². The van der Waals surface area contributed by atoms with Gasteiger partial charge in [0.2, 0.25) is 0 Å². The molecule has 1 aliphatic rings. The highest BCUT2D eigenvalue weighted by molar-refractivity contribution is 9.10. The highest BCUT2D eigenvalue weighted by Gasteiger charge is 2.42. The van der Waals surface area contributed by atoms with E-state index in [-0.39, 0.29) is 4.92 Å². The Kier molecular flexibility index (Phi) is 5.45. The van der Waals surface area contributed by atoms with Gasteiger partial charge in [-0.05, 0) is 37.1 Å². The number of anilines is 1. The van der Waals surface area contributed by atoms with Crippen LogP contribution in [0.15, 0.2) is 59.1 Å². The Morgan fingerprint density at radius 2 is 1.84 bits per heavy atom. The number of aldehydes is 1. The van der Waals surface area contributed by atoms with Crippen molar-refractivity contribution in [1.29, 1.82) is 0 Å². The minimum absolute atomic E-state index is 0.281. The summed E-state index contributed by atoms with van der Waals surface area (Å²) in [6.45, 7) is 0. The van der Waals surface area contributed by atoms with Gasteiger partial charge in [-0.25, -0.2) is 5.06 Å². The minimum Gasteiger partial charge on any atom is -0.300 e. The van der Waals surface area contributed by atoms with Crippen LogP contribution in [0.25, 0.3) is 0 Å². The van der Waals surface area contributed by atoms with E-state index in [1.807, 2.05) is 30.3 Å². The van der Waals surface area contributed by atoms with Crippen LogP contribution in [0.2, 0.25) is 0 Å². The number of hydroxylamine groups is 1. The summed E-state index contributed by atoms with van der Waals surface area (Å²) in [5.41, 5.74) is 1.30. The molecule has 6 nitrogen and oxygen atoms in total. The van der Waals surface area contributed by atoms with Crippen LogP contribution in [0, 0.1) is 10.1 Å². The lowest BCUT2D eigenvalue weighted by Crippen LogP contribution is -2.49. The van der Waals surface area contributed by atoms with E-state index in [1.165, 1.54) is 5.06 Å². The van der Waals surface area contributed by atoms with Crippen molar-refractivity contribution in [3.63, 3.8) is 0 Å². The first kappa shape index (κ1) is 17.6. The highest BCUT2D eigenvalue weighted by Crippen LogP contribution is 2.35. The number of nitrogens with zero attached hydrogens (tertiary/aromatic N) is 2. The summed E-state index contributed by atoms with van der Waals surface area (Å²) in [6.07, 6.45) is 1.09. The lowest BCUT2D eigenvalue weighted by Gasteiger charge is -2.39. The van der Waals surface area contributed by atoms with Gasteiger partial charge in [0.15, 0.2) is 6.29 Å². The predicted octanol–water partition coefficient (Wildman–Crippen LogP) is 3.94. The molecule has 130 valence electrons. The van der Waals surface area contributed by atoms with E-state index in [0.29, 0.717) is 24.1 Å². The Bertz CT molecular complexity index is 739. The standard InChI is InChI=1S/C18H17BrN2O4/c19-14-6-8-15(9-7-14)20-17(11-10-16(12-22)25-20)18(21(23)24)13-4-2-1-3-5-13/h1-9,12,16-18H,10-11H2/t16-,17-,18+/m1/s1. The van der Waals surface area contributed by atoms with Crippen molar-refractivity contribution >= 4 is 27.9 Å². The van der Waals surface area contributed by atoms with Gasteiger partial charge in [0, 0.05) is 15.0 Å². The first-order chi connectivity index (χ1) is 12.1. The quantitative estimate of drug-likeness (QED) is 0.428. The Labute approximate surface area is 153 Å². The molecule has 0 spiro atoms. The van der Waals surface area contributed by atoms with Crippen molar-refractivity contribution in [1.82, 2.24) is 0 Å². The van der Waals surface area contributed by atoms with Crippen molar-refractivity contribution in [3.8, 4) is 0 Å². The van der Waals surface area contributed by atoms with Crippen molar-refractivity contribution in [2.45, 2.75) is 31.0 Å². The average Bonchev–Trinajstić information content (AvgIpc) is 2.63. The second-order valence-corrected chi connectivity index (χ2v) is 6.78. The summed E-state index contributed by atoms with van der Waals surface area (Å²) < 4.78 is 0.894. The van der Waals surface area contributed by atoms with E-state index in [4.69, 9.17) is 4.84 Å².